The van der Waals surface area contributed by atoms with Crippen molar-refractivity contribution in [1.29, 1.82) is 0 Å². The van der Waals surface area contributed by atoms with Gasteiger partial charge in [-0.15, -0.1) is 0 Å². The van der Waals surface area contributed by atoms with Gasteiger partial charge in [-0.3, -0.25) is 9.59 Å². The Labute approximate surface area is 150 Å². The van der Waals surface area contributed by atoms with E-state index in [1.165, 1.54) is 21.3 Å². The normalized spacial score (nSPS) is 12.3. The molecule has 136 valence electrons. The van der Waals surface area contributed by atoms with Gasteiger partial charge in [0.1, 0.15) is 5.75 Å². The molecule has 3 rings (SSSR count). The fourth-order valence-corrected chi connectivity index (χ4v) is 2.58. The number of ether oxygens (including phenoxy) is 4. The molecule has 8 heteroatoms. The summed E-state index contributed by atoms with van der Waals surface area (Å²) in [6, 6.07) is 8.06. The molecule has 1 aliphatic rings. The minimum atomic E-state index is -0.359. The molecule has 0 bridgehead atoms. The van der Waals surface area contributed by atoms with Crippen LogP contribution in [-0.2, 0) is 4.79 Å². The Morgan fingerprint density at radius 3 is 2.38 bits per heavy atom. The van der Waals surface area contributed by atoms with E-state index in [9.17, 15) is 9.59 Å². The monoisotopic (exact) mass is 358 g/mol. The lowest BCUT2D eigenvalue weighted by atomic mass is 10.1. The summed E-state index contributed by atoms with van der Waals surface area (Å²) in [5, 5.41) is 5.44. The Morgan fingerprint density at radius 1 is 1.08 bits per heavy atom. The molecular formula is C18H18N2O6. The van der Waals surface area contributed by atoms with E-state index >= 15 is 0 Å². The highest BCUT2D eigenvalue weighted by molar-refractivity contribution is 6.06. The number of amides is 2. The van der Waals surface area contributed by atoms with Gasteiger partial charge in [0.15, 0.2) is 18.1 Å². The average Bonchev–Trinajstić information content (AvgIpc) is 2.66. The smallest absolute Gasteiger partial charge is 0.262 e. The zero-order valence-corrected chi connectivity index (χ0v) is 14.5. The maximum atomic E-state index is 12.6. The number of fused-ring (bicyclic) bond motifs is 1. The van der Waals surface area contributed by atoms with E-state index in [1.807, 2.05) is 0 Å². The van der Waals surface area contributed by atoms with E-state index in [-0.39, 0.29) is 18.4 Å². The van der Waals surface area contributed by atoms with E-state index in [2.05, 4.69) is 10.6 Å². The zero-order chi connectivity index (χ0) is 18.7. The number of anilines is 2. The third-order valence-electron chi connectivity index (χ3n) is 3.80. The summed E-state index contributed by atoms with van der Waals surface area (Å²) in [4.78, 5) is 24.0. The topological polar surface area (TPSA) is 95.1 Å². The average molecular weight is 358 g/mol. The number of carbonyl (C=O) groups is 2. The van der Waals surface area contributed by atoms with Crippen molar-refractivity contribution < 1.29 is 28.5 Å². The van der Waals surface area contributed by atoms with Crippen LogP contribution in [0.3, 0.4) is 0 Å². The SMILES string of the molecule is COc1cc(NC(=O)c2ccc3c(c2)NC(=O)CO3)cc(OC)c1OC. The van der Waals surface area contributed by atoms with Crippen molar-refractivity contribution >= 4 is 23.2 Å². The second-order valence-electron chi connectivity index (χ2n) is 5.42. The van der Waals surface area contributed by atoms with Gasteiger partial charge < -0.3 is 29.6 Å². The summed E-state index contributed by atoms with van der Waals surface area (Å²) < 4.78 is 21.1. The van der Waals surface area contributed by atoms with Crippen LogP contribution in [0.25, 0.3) is 0 Å². The molecule has 0 aliphatic carbocycles. The largest absolute Gasteiger partial charge is 0.493 e. The summed E-state index contributed by atoms with van der Waals surface area (Å²) in [6.45, 7) is -0.0377. The molecule has 0 spiro atoms. The van der Waals surface area contributed by atoms with Crippen LogP contribution >= 0.6 is 0 Å². The van der Waals surface area contributed by atoms with E-state index < -0.39 is 0 Å². The molecule has 26 heavy (non-hydrogen) atoms. The summed E-state index contributed by atoms with van der Waals surface area (Å²) in [5.74, 6) is 1.18. The lowest BCUT2D eigenvalue weighted by Crippen LogP contribution is -2.25. The highest BCUT2D eigenvalue weighted by Crippen LogP contribution is 2.40. The Hall–Kier alpha value is -3.42. The minimum absolute atomic E-state index is 0.0377. The van der Waals surface area contributed by atoms with Crippen molar-refractivity contribution in [3.05, 3.63) is 35.9 Å². The standard InChI is InChI=1S/C18H18N2O6/c1-23-14-7-11(8-15(24-2)17(14)25-3)19-18(22)10-4-5-13-12(6-10)20-16(21)9-26-13/h4-8H,9H2,1-3H3,(H,19,22)(H,20,21). The lowest BCUT2D eigenvalue weighted by molar-refractivity contribution is -0.118. The quantitative estimate of drug-likeness (QED) is 0.852. The molecule has 8 nitrogen and oxygen atoms in total. The molecule has 1 aliphatic heterocycles. The van der Waals surface area contributed by atoms with Gasteiger partial charge in [0.25, 0.3) is 11.8 Å². The molecule has 0 fully saturated rings. The van der Waals surface area contributed by atoms with Gasteiger partial charge in [0, 0.05) is 23.4 Å². The Bertz CT molecular complexity index is 840. The van der Waals surface area contributed by atoms with Crippen molar-refractivity contribution in [1.82, 2.24) is 0 Å². The van der Waals surface area contributed by atoms with Gasteiger partial charge in [0.2, 0.25) is 5.75 Å². The first-order valence-electron chi connectivity index (χ1n) is 7.73. The Balaban J connectivity index is 1.86. The lowest BCUT2D eigenvalue weighted by Gasteiger charge is -2.18. The molecule has 2 aromatic rings. The fourth-order valence-electron chi connectivity index (χ4n) is 2.58. The van der Waals surface area contributed by atoms with Crippen LogP contribution in [-0.4, -0.2) is 39.8 Å². The number of rotatable bonds is 5. The zero-order valence-electron chi connectivity index (χ0n) is 14.5. The number of nitrogens with one attached hydrogen (secondary N) is 2. The van der Waals surface area contributed by atoms with Crippen molar-refractivity contribution in [2.45, 2.75) is 0 Å². The molecule has 0 radical (unpaired) electrons. The van der Waals surface area contributed by atoms with E-state index in [0.717, 1.165) is 0 Å². The molecule has 2 N–H and O–H groups in total. The van der Waals surface area contributed by atoms with Crippen molar-refractivity contribution in [3.8, 4) is 23.0 Å². The third kappa shape index (κ3) is 3.34. The highest BCUT2D eigenvalue weighted by atomic mass is 16.5. The van der Waals surface area contributed by atoms with Crippen LogP contribution in [0.4, 0.5) is 11.4 Å². The first kappa shape index (κ1) is 17.4. The van der Waals surface area contributed by atoms with E-state index in [4.69, 9.17) is 18.9 Å². The van der Waals surface area contributed by atoms with Crippen molar-refractivity contribution in [2.24, 2.45) is 0 Å². The van der Waals surface area contributed by atoms with Gasteiger partial charge in [0.05, 0.1) is 27.0 Å². The fraction of sp³-hybridized carbons (Fsp3) is 0.222. The summed E-state index contributed by atoms with van der Waals surface area (Å²) in [6.07, 6.45) is 0. The molecule has 0 atom stereocenters. The van der Waals surface area contributed by atoms with Crippen molar-refractivity contribution in [3.63, 3.8) is 0 Å². The predicted octanol–water partition coefficient (Wildman–Crippen LogP) is 2.30. The van der Waals surface area contributed by atoms with Crippen LogP contribution in [0.5, 0.6) is 23.0 Å². The maximum Gasteiger partial charge on any atom is 0.262 e. The molecule has 0 saturated heterocycles. The number of carbonyl (C=O) groups excluding carboxylic acids is 2. The summed E-state index contributed by atoms with van der Waals surface area (Å²) >= 11 is 0. The number of benzene rings is 2. The van der Waals surface area contributed by atoms with E-state index in [0.29, 0.717) is 39.9 Å². The second-order valence-corrected chi connectivity index (χ2v) is 5.42. The van der Waals surface area contributed by atoms with Gasteiger partial charge in [-0.25, -0.2) is 0 Å². The summed E-state index contributed by atoms with van der Waals surface area (Å²) in [5.41, 5.74) is 1.30. The molecule has 2 amide bonds. The number of hydrogen-bond donors (Lipinski definition) is 2. The van der Waals surface area contributed by atoms with Crippen LogP contribution < -0.4 is 29.6 Å². The van der Waals surface area contributed by atoms with Gasteiger partial charge >= 0.3 is 0 Å². The minimum Gasteiger partial charge on any atom is -0.493 e. The highest BCUT2D eigenvalue weighted by Gasteiger charge is 2.19. The first-order valence-corrected chi connectivity index (χ1v) is 7.73. The second kappa shape index (κ2) is 7.22. The molecule has 0 aromatic heterocycles. The predicted molar refractivity (Wildman–Crippen MR) is 94.6 cm³/mol. The first-order chi connectivity index (χ1) is 12.5. The Kier molecular flexibility index (Phi) is 4.83. The molecule has 1 heterocycles. The maximum absolute atomic E-state index is 12.6. The summed E-state index contributed by atoms with van der Waals surface area (Å²) in [7, 11) is 4.49. The number of hydrogen-bond acceptors (Lipinski definition) is 6. The van der Waals surface area contributed by atoms with Crippen molar-refractivity contribution in [2.75, 3.05) is 38.6 Å². The van der Waals surface area contributed by atoms with Gasteiger partial charge in [-0.2, -0.15) is 0 Å². The third-order valence-corrected chi connectivity index (χ3v) is 3.80. The molecular weight excluding hydrogens is 340 g/mol. The van der Waals surface area contributed by atoms with Crippen LogP contribution in [0.2, 0.25) is 0 Å². The van der Waals surface area contributed by atoms with Crippen LogP contribution in [0.1, 0.15) is 10.4 Å². The van der Waals surface area contributed by atoms with Crippen LogP contribution in [0, 0.1) is 0 Å². The molecule has 2 aromatic carbocycles. The van der Waals surface area contributed by atoms with E-state index in [1.54, 1.807) is 30.3 Å². The molecule has 0 unspecified atom stereocenters. The molecule has 0 saturated carbocycles. The van der Waals surface area contributed by atoms with Gasteiger partial charge in [-0.1, -0.05) is 0 Å². The van der Waals surface area contributed by atoms with Gasteiger partial charge in [-0.05, 0) is 18.2 Å². The van der Waals surface area contributed by atoms with Crippen LogP contribution in [0.15, 0.2) is 30.3 Å². The Morgan fingerprint density at radius 2 is 1.77 bits per heavy atom. The number of methoxy groups -OCH3 is 3.